The molecular formula is C7H13NO. The van der Waals surface area contributed by atoms with E-state index in [2.05, 4.69) is 0 Å². The van der Waals surface area contributed by atoms with Gasteiger partial charge in [-0.2, -0.15) is 0 Å². The van der Waals surface area contributed by atoms with Gasteiger partial charge in [0.2, 0.25) is 0 Å². The van der Waals surface area contributed by atoms with Crippen LogP contribution in [0, 0.1) is 0 Å². The van der Waals surface area contributed by atoms with Crippen molar-refractivity contribution in [3.8, 4) is 0 Å². The highest BCUT2D eigenvalue weighted by atomic mass is 16.3. The zero-order valence-corrected chi connectivity index (χ0v) is 5.46. The molecule has 0 aliphatic heterocycles. The van der Waals surface area contributed by atoms with E-state index in [-0.39, 0.29) is 12.1 Å². The predicted octanol–water partition coefficient (Wildman–Crippen LogP) is 0.415. The Morgan fingerprint density at radius 2 is 2.11 bits per heavy atom. The maximum Gasteiger partial charge on any atom is 0.0721 e. The van der Waals surface area contributed by atoms with Gasteiger partial charge in [0.05, 0.1) is 6.10 Å². The van der Waals surface area contributed by atoms with Crippen LogP contribution in [0.15, 0.2) is 12.2 Å². The standard InChI is InChI=1S/C7H13NO/c8-6-2-1-3-7(9)5-4-6/h4-7,9H,1-3,8H2/t6-,7+/m1/s1. The molecule has 0 unspecified atom stereocenters. The van der Waals surface area contributed by atoms with Crippen molar-refractivity contribution in [1.82, 2.24) is 0 Å². The molecule has 0 amide bonds. The summed E-state index contributed by atoms with van der Waals surface area (Å²) in [6.45, 7) is 0. The van der Waals surface area contributed by atoms with Gasteiger partial charge in [-0.1, -0.05) is 12.2 Å². The molecule has 0 saturated heterocycles. The molecule has 0 bridgehead atoms. The fraction of sp³-hybridized carbons (Fsp3) is 0.714. The monoisotopic (exact) mass is 127 g/mol. The normalized spacial score (nSPS) is 36.2. The van der Waals surface area contributed by atoms with Crippen molar-refractivity contribution >= 4 is 0 Å². The van der Waals surface area contributed by atoms with E-state index >= 15 is 0 Å². The first kappa shape index (κ1) is 6.78. The molecule has 2 atom stereocenters. The van der Waals surface area contributed by atoms with E-state index in [4.69, 9.17) is 10.8 Å². The van der Waals surface area contributed by atoms with E-state index in [9.17, 15) is 0 Å². The number of rotatable bonds is 0. The summed E-state index contributed by atoms with van der Waals surface area (Å²) in [7, 11) is 0. The Balaban J connectivity index is 2.43. The van der Waals surface area contributed by atoms with Gasteiger partial charge >= 0.3 is 0 Å². The van der Waals surface area contributed by atoms with Crippen molar-refractivity contribution in [2.45, 2.75) is 31.4 Å². The molecule has 1 aliphatic rings. The minimum Gasteiger partial charge on any atom is -0.389 e. The van der Waals surface area contributed by atoms with Crippen molar-refractivity contribution < 1.29 is 5.11 Å². The predicted molar refractivity (Wildman–Crippen MR) is 37.0 cm³/mol. The zero-order valence-electron chi connectivity index (χ0n) is 5.46. The molecule has 0 aromatic rings. The van der Waals surface area contributed by atoms with Crippen LogP contribution in [-0.4, -0.2) is 17.3 Å². The SMILES string of the molecule is N[C@H]1C=C[C@@H](O)CCC1. The smallest absolute Gasteiger partial charge is 0.0721 e. The van der Waals surface area contributed by atoms with Gasteiger partial charge in [-0.3, -0.25) is 0 Å². The van der Waals surface area contributed by atoms with Crippen LogP contribution >= 0.6 is 0 Å². The van der Waals surface area contributed by atoms with Crippen molar-refractivity contribution in [3.05, 3.63) is 12.2 Å². The summed E-state index contributed by atoms with van der Waals surface area (Å²) in [5.74, 6) is 0. The van der Waals surface area contributed by atoms with Crippen LogP contribution in [0.4, 0.5) is 0 Å². The molecule has 1 aliphatic carbocycles. The Morgan fingerprint density at radius 1 is 1.33 bits per heavy atom. The van der Waals surface area contributed by atoms with Gasteiger partial charge in [-0.05, 0) is 19.3 Å². The molecule has 0 aromatic heterocycles. The van der Waals surface area contributed by atoms with Crippen molar-refractivity contribution in [3.63, 3.8) is 0 Å². The average Bonchev–Trinajstić information content (AvgIpc) is 1.97. The quantitative estimate of drug-likeness (QED) is 0.463. The Hall–Kier alpha value is -0.340. The summed E-state index contributed by atoms with van der Waals surface area (Å²) in [6, 6.07) is 0.169. The van der Waals surface area contributed by atoms with E-state index in [1.54, 1.807) is 6.08 Å². The third-order valence-corrected chi connectivity index (χ3v) is 1.62. The zero-order chi connectivity index (χ0) is 6.69. The summed E-state index contributed by atoms with van der Waals surface area (Å²) in [6.07, 6.45) is 6.33. The third kappa shape index (κ3) is 2.16. The Bertz CT molecular complexity index is 99.5. The molecule has 52 valence electrons. The first-order chi connectivity index (χ1) is 4.29. The van der Waals surface area contributed by atoms with E-state index in [0.29, 0.717) is 0 Å². The van der Waals surface area contributed by atoms with Gasteiger partial charge in [-0.15, -0.1) is 0 Å². The second-order valence-corrected chi connectivity index (χ2v) is 2.55. The maximum atomic E-state index is 9.06. The summed E-state index contributed by atoms with van der Waals surface area (Å²) >= 11 is 0. The van der Waals surface area contributed by atoms with Crippen LogP contribution in [0.5, 0.6) is 0 Å². The molecule has 0 spiro atoms. The summed E-state index contributed by atoms with van der Waals surface area (Å²) < 4.78 is 0. The molecule has 2 nitrogen and oxygen atoms in total. The Labute approximate surface area is 55.4 Å². The summed E-state index contributed by atoms with van der Waals surface area (Å²) in [5.41, 5.74) is 5.60. The molecule has 0 aromatic carbocycles. The van der Waals surface area contributed by atoms with Crippen LogP contribution in [0.25, 0.3) is 0 Å². The van der Waals surface area contributed by atoms with Crippen molar-refractivity contribution in [1.29, 1.82) is 0 Å². The van der Waals surface area contributed by atoms with Gasteiger partial charge in [0, 0.05) is 6.04 Å². The number of hydrogen-bond donors (Lipinski definition) is 2. The van der Waals surface area contributed by atoms with Gasteiger partial charge in [-0.25, -0.2) is 0 Å². The van der Waals surface area contributed by atoms with Crippen LogP contribution in [-0.2, 0) is 0 Å². The molecule has 1 rings (SSSR count). The highest BCUT2D eigenvalue weighted by Gasteiger charge is 2.06. The summed E-state index contributed by atoms with van der Waals surface area (Å²) in [4.78, 5) is 0. The highest BCUT2D eigenvalue weighted by molar-refractivity contribution is 4.98. The van der Waals surface area contributed by atoms with Gasteiger partial charge in [0.15, 0.2) is 0 Å². The van der Waals surface area contributed by atoms with Gasteiger partial charge in [0.1, 0.15) is 0 Å². The van der Waals surface area contributed by atoms with Crippen LogP contribution in [0.3, 0.4) is 0 Å². The number of aliphatic hydroxyl groups is 1. The van der Waals surface area contributed by atoms with Gasteiger partial charge < -0.3 is 10.8 Å². The Morgan fingerprint density at radius 3 is 2.89 bits per heavy atom. The van der Waals surface area contributed by atoms with Crippen LogP contribution < -0.4 is 5.73 Å². The molecule has 0 radical (unpaired) electrons. The number of hydrogen-bond acceptors (Lipinski definition) is 2. The fourth-order valence-electron chi connectivity index (χ4n) is 1.03. The number of nitrogens with two attached hydrogens (primary N) is 1. The minimum atomic E-state index is -0.251. The second-order valence-electron chi connectivity index (χ2n) is 2.55. The van der Waals surface area contributed by atoms with Crippen LogP contribution in [0.1, 0.15) is 19.3 Å². The van der Waals surface area contributed by atoms with Gasteiger partial charge in [0.25, 0.3) is 0 Å². The summed E-state index contributed by atoms with van der Waals surface area (Å²) in [5, 5.41) is 9.06. The largest absolute Gasteiger partial charge is 0.389 e. The highest BCUT2D eigenvalue weighted by Crippen LogP contribution is 2.09. The first-order valence-electron chi connectivity index (χ1n) is 3.41. The fourth-order valence-corrected chi connectivity index (χ4v) is 1.03. The molecule has 0 saturated carbocycles. The van der Waals surface area contributed by atoms with E-state index in [0.717, 1.165) is 19.3 Å². The lowest BCUT2D eigenvalue weighted by Crippen LogP contribution is -2.14. The molecule has 0 fully saturated rings. The lowest BCUT2D eigenvalue weighted by molar-refractivity contribution is 0.211. The molecule has 2 heteroatoms. The first-order valence-corrected chi connectivity index (χ1v) is 3.41. The topological polar surface area (TPSA) is 46.2 Å². The lowest BCUT2D eigenvalue weighted by atomic mass is 10.1. The van der Waals surface area contributed by atoms with Crippen LogP contribution in [0.2, 0.25) is 0 Å². The van der Waals surface area contributed by atoms with Crippen molar-refractivity contribution in [2.75, 3.05) is 0 Å². The van der Waals surface area contributed by atoms with E-state index < -0.39 is 0 Å². The Kier molecular flexibility index (Phi) is 2.25. The lowest BCUT2D eigenvalue weighted by Gasteiger charge is -2.00. The molecule has 9 heavy (non-hydrogen) atoms. The van der Waals surface area contributed by atoms with Crippen molar-refractivity contribution in [2.24, 2.45) is 5.73 Å². The second kappa shape index (κ2) is 2.99. The number of aliphatic hydroxyl groups excluding tert-OH is 1. The molecule has 0 heterocycles. The average molecular weight is 127 g/mol. The molecule has 3 N–H and O–H groups in total. The third-order valence-electron chi connectivity index (χ3n) is 1.62. The molecular weight excluding hydrogens is 114 g/mol. The van der Waals surface area contributed by atoms with E-state index in [1.807, 2.05) is 6.08 Å². The minimum absolute atomic E-state index is 0.169. The maximum absolute atomic E-state index is 9.06. The van der Waals surface area contributed by atoms with E-state index in [1.165, 1.54) is 0 Å².